The van der Waals surface area contributed by atoms with E-state index in [0.717, 1.165) is 5.56 Å². The van der Waals surface area contributed by atoms with Crippen LogP contribution in [0.2, 0.25) is 10.0 Å². The molecule has 3 aromatic rings. The second-order valence-corrected chi connectivity index (χ2v) is 6.62. The molecule has 1 atom stereocenters. The summed E-state index contributed by atoms with van der Waals surface area (Å²) in [6.07, 6.45) is 1.23. The van der Waals surface area contributed by atoms with Crippen LogP contribution in [0.25, 0.3) is 10.9 Å². The molecule has 8 heteroatoms. The van der Waals surface area contributed by atoms with E-state index in [0.29, 0.717) is 10.0 Å². The van der Waals surface area contributed by atoms with Crippen molar-refractivity contribution < 1.29 is 9.18 Å². The Morgan fingerprint density at radius 1 is 1.23 bits per heavy atom. The van der Waals surface area contributed by atoms with E-state index in [4.69, 9.17) is 23.2 Å². The minimum atomic E-state index is -0.477. The smallest absolute Gasteiger partial charge is 0.261 e. The van der Waals surface area contributed by atoms with Crippen molar-refractivity contribution >= 4 is 40.0 Å². The van der Waals surface area contributed by atoms with E-state index in [-0.39, 0.29) is 29.4 Å². The first kappa shape index (κ1) is 18.4. The zero-order valence-electron chi connectivity index (χ0n) is 13.7. The number of carbonyl (C=O) groups excluding carboxylic acids is 1. The zero-order chi connectivity index (χ0) is 18.8. The van der Waals surface area contributed by atoms with Crippen molar-refractivity contribution in [3.63, 3.8) is 0 Å². The normalized spacial score (nSPS) is 12.2. The number of nitrogens with zero attached hydrogens (tertiary/aromatic N) is 2. The fourth-order valence-electron chi connectivity index (χ4n) is 2.55. The quantitative estimate of drug-likeness (QED) is 0.734. The van der Waals surface area contributed by atoms with Crippen LogP contribution in [-0.4, -0.2) is 15.5 Å². The number of fused-ring (bicyclic) bond motifs is 1. The lowest BCUT2D eigenvalue weighted by atomic mass is 10.1. The van der Waals surface area contributed by atoms with Gasteiger partial charge in [0.1, 0.15) is 12.4 Å². The lowest BCUT2D eigenvalue weighted by Gasteiger charge is -2.15. The average Bonchev–Trinajstić information content (AvgIpc) is 2.59. The summed E-state index contributed by atoms with van der Waals surface area (Å²) in [7, 11) is 0. The summed E-state index contributed by atoms with van der Waals surface area (Å²) in [5.74, 6) is -0.843. The van der Waals surface area contributed by atoms with Gasteiger partial charge in [0.2, 0.25) is 5.91 Å². The van der Waals surface area contributed by atoms with Gasteiger partial charge in [-0.1, -0.05) is 29.3 Å². The SMILES string of the molecule is CC(NC(=O)Cn1cnc2cc(F)ccc2c1=O)c1ccc(Cl)c(Cl)c1. The van der Waals surface area contributed by atoms with Gasteiger partial charge in [0.05, 0.1) is 33.3 Å². The average molecular weight is 394 g/mol. The number of rotatable bonds is 4. The number of nitrogens with one attached hydrogen (secondary N) is 1. The summed E-state index contributed by atoms with van der Waals surface area (Å²) >= 11 is 11.9. The molecule has 0 aliphatic carbocycles. The molecule has 0 saturated heterocycles. The minimum Gasteiger partial charge on any atom is -0.348 e. The molecule has 1 amide bonds. The van der Waals surface area contributed by atoms with Gasteiger partial charge in [-0.3, -0.25) is 14.2 Å². The van der Waals surface area contributed by atoms with Crippen molar-refractivity contribution in [1.29, 1.82) is 0 Å². The number of benzene rings is 2. The van der Waals surface area contributed by atoms with Crippen LogP contribution in [0, 0.1) is 5.82 Å². The topological polar surface area (TPSA) is 64.0 Å². The maximum absolute atomic E-state index is 13.2. The third-order valence-corrected chi connectivity index (χ3v) is 4.66. The number of aromatic nitrogens is 2. The molecular formula is C18H14Cl2FN3O2. The maximum atomic E-state index is 13.2. The van der Waals surface area contributed by atoms with Gasteiger partial charge in [-0.15, -0.1) is 0 Å². The van der Waals surface area contributed by atoms with Crippen molar-refractivity contribution in [3.05, 3.63) is 74.5 Å². The number of hydrogen-bond donors (Lipinski definition) is 1. The van der Waals surface area contributed by atoms with Crippen LogP contribution in [0.15, 0.2) is 47.5 Å². The van der Waals surface area contributed by atoms with E-state index >= 15 is 0 Å². The predicted molar refractivity (Wildman–Crippen MR) is 99.0 cm³/mol. The molecule has 1 heterocycles. The summed E-state index contributed by atoms with van der Waals surface area (Å²) < 4.78 is 14.4. The molecule has 0 saturated carbocycles. The van der Waals surface area contributed by atoms with Crippen LogP contribution in [0.5, 0.6) is 0 Å². The lowest BCUT2D eigenvalue weighted by Crippen LogP contribution is -2.34. The number of amides is 1. The van der Waals surface area contributed by atoms with Crippen LogP contribution in [0.3, 0.4) is 0 Å². The van der Waals surface area contributed by atoms with Crippen molar-refractivity contribution in [2.75, 3.05) is 0 Å². The van der Waals surface area contributed by atoms with Gasteiger partial charge in [0.25, 0.3) is 5.56 Å². The highest BCUT2D eigenvalue weighted by Crippen LogP contribution is 2.25. The minimum absolute atomic E-state index is 0.204. The third-order valence-electron chi connectivity index (χ3n) is 3.92. The van der Waals surface area contributed by atoms with Gasteiger partial charge in [-0.2, -0.15) is 0 Å². The highest BCUT2D eigenvalue weighted by atomic mass is 35.5. The fraction of sp³-hybridized carbons (Fsp3) is 0.167. The fourth-order valence-corrected chi connectivity index (χ4v) is 2.86. The van der Waals surface area contributed by atoms with Crippen molar-refractivity contribution in [2.24, 2.45) is 0 Å². The first-order valence-corrected chi connectivity index (χ1v) is 8.50. The Morgan fingerprint density at radius 2 is 2.00 bits per heavy atom. The number of halogens is 3. The molecule has 0 fully saturated rings. The largest absolute Gasteiger partial charge is 0.348 e. The van der Waals surface area contributed by atoms with Gasteiger partial charge < -0.3 is 5.32 Å². The van der Waals surface area contributed by atoms with Gasteiger partial charge in [0, 0.05) is 6.07 Å². The second kappa shape index (κ2) is 7.43. The lowest BCUT2D eigenvalue weighted by molar-refractivity contribution is -0.122. The molecular weight excluding hydrogens is 380 g/mol. The Hall–Kier alpha value is -2.44. The zero-order valence-corrected chi connectivity index (χ0v) is 15.2. The van der Waals surface area contributed by atoms with Gasteiger partial charge >= 0.3 is 0 Å². The summed E-state index contributed by atoms with van der Waals surface area (Å²) in [6.45, 7) is 1.59. The van der Waals surface area contributed by atoms with Crippen molar-refractivity contribution in [3.8, 4) is 0 Å². The highest BCUT2D eigenvalue weighted by Gasteiger charge is 2.13. The van der Waals surface area contributed by atoms with Gasteiger partial charge in [-0.25, -0.2) is 9.37 Å². The molecule has 5 nitrogen and oxygen atoms in total. The molecule has 134 valence electrons. The molecule has 0 aliphatic rings. The Morgan fingerprint density at radius 3 is 2.73 bits per heavy atom. The number of carbonyl (C=O) groups is 1. The molecule has 0 spiro atoms. The summed E-state index contributed by atoms with van der Waals surface area (Å²) in [6, 6.07) is 8.47. The summed E-state index contributed by atoms with van der Waals surface area (Å²) in [5, 5.41) is 3.86. The molecule has 3 rings (SSSR count). The Labute approximate surface area is 158 Å². The molecule has 0 radical (unpaired) electrons. The Kier molecular flexibility index (Phi) is 5.25. The molecule has 0 aliphatic heterocycles. The van der Waals surface area contributed by atoms with E-state index in [1.807, 2.05) is 0 Å². The first-order valence-electron chi connectivity index (χ1n) is 7.74. The third kappa shape index (κ3) is 3.86. The van der Waals surface area contributed by atoms with Crippen LogP contribution in [-0.2, 0) is 11.3 Å². The monoisotopic (exact) mass is 393 g/mol. The van der Waals surface area contributed by atoms with E-state index < -0.39 is 11.4 Å². The summed E-state index contributed by atoms with van der Waals surface area (Å²) in [5.41, 5.74) is 0.621. The van der Waals surface area contributed by atoms with Crippen LogP contribution in [0.1, 0.15) is 18.5 Å². The Balaban J connectivity index is 1.76. The molecule has 1 N–H and O–H groups in total. The highest BCUT2D eigenvalue weighted by molar-refractivity contribution is 6.42. The first-order chi connectivity index (χ1) is 12.3. The molecule has 1 unspecified atom stereocenters. The van der Waals surface area contributed by atoms with Gasteiger partial charge in [-0.05, 0) is 36.8 Å². The summed E-state index contributed by atoms with van der Waals surface area (Å²) in [4.78, 5) is 28.7. The standard InChI is InChI=1S/C18H14Cl2FN3O2/c1-10(11-2-5-14(19)15(20)6-11)23-17(25)8-24-9-22-16-7-12(21)3-4-13(16)18(24)26/h2-7,9-10H,8H2,1H3,(H,23,25). The van der Waals surface area contributed by atoms with Gasteiger partial charge in [0.15, 0.2) is 0 Å². The number of hydrogen-bond acceptors (Lipinski definition) is 3. The van der Waals surface area contributed by atoms with Crippen LogP contribution in [0.4, 0.5) is 4.39 Å². The molecule has 2 aromatic carbocycles. The van der Waals surface area contributed by atoms with Crippen LogP contribution < -0.4 is 10.9 Å². The second-order valence-electron chi connectivity index (χ2n) is 5.80. The predicted octanol–water partition coefficient (Wildman–Crippen LogP) is 3.72. The Bertz CT molecular complexity index is 1050. The van der Waals surface area contributed by atoms with E-state index in [1.165, 1.54) is 29.1 Å². The molecule has 1 aromatic heterocycles. The van der Waals surface area contributed by atoms with E-state index in [2.05, 4.69) is 10.3 Å². The molecule has 0 bridgehead atoms. The van der Waals surface area contributed by atoms with E-state index in [1.54, 1.807) is 25.1 Å². The molecule has 26 heavy (non-hydrogen) atoms. The van der Waals surface area contributed by atoms with E-state index in [9.17, 15) is 14.0 Å². The van der Waals surface area contributed by atoms with Crippen molar-refractivity contribution in [1.82, 2.24) is 14.9 Å². The van der Waals surface area contributed by atoms with Crippen molar-refractivity contribution in [2.45, 2.75) is 19.5 Å². The maximum Gasteiger partial charge on any atom is 0.261 e. The van der Waals surface area contributed by atoms with Crippen LogP contribution >= 0.6 is 23.2 Å².